The topological polar surface area (TPSA) is 96.6 Å². The number of aromatic nitrogens is 2. The summed E-state index contributed by atoms with van der Waals surface area (Å²) in [5, 5.41) is 22.7. The van der Waals surface area contributed by atoms with Crippen molar-refractivity contribution in [2.45, 2.75) is 0 Å². The van der Waals surface area contributed by atoms with Gasteiger partial charge in [-0.05, 0) is 35.4 Å². The van der Waals surface area contributed by atoms with E-state index in [-0.39, 0.29) is 58.0 Å². The molecule has 9 heteroatoms. The Morgan fingerprint density at radius 3 is 1.24 bits per heavy atom. The Morgan fingerprint density at radius 2 is 0.909 bits per heavy atom. The van der Waals surface area contributed by atoms with Gasteiger partial charge in [0, 0.05) is 24.8 Å². The Bertz CT molecular complexity index is 1040. The normalized spacial score (nSPS) is 9.70. The van der Waals surface area contributed by atoms with Gasteiger partial charge in [-0.1, -0.05) is 60.7 Å². The molecule has 0 aliphatic heterocycles. The first-order valence-corrected chi connectivity index (χ1v) is 9.14. The van der Waals surface area contributed by atoms with Crippen molar-refractivity contribution >= 4 is 24.1 Å². The van der Waals surface area contributed by atoms with E-state index in [1.54, 1.807) is 60.9 Å². The van der Waals surface area contributed by atoms with E-state index in [9.17, 15) is 10.2 Å². The molecule has 0 aliphatic rings. The first-order chi connectivity index (χ1) is 14.7. The van der Waals surface area contributed by atoms with E-state index in [1.807, 2.05) is 24.3 Å². The standard InChI is InChI=1S/2C12H10N2O.2ClH.Ti/c2*15-11-6-2-1-5-10(11)9-14-12-7-3-4-8-13-12;;;/h2*1-9,15H;2*1H;/q;;;;+4/p-4. The zero-order valence-corrected chi connectivity index (χ0v) is 20.3. The van der Waals surface area contributed by atoms with E-state index >= 15 is 0 Å². The summed E-state index contributed by atoms with van der Waals surface area (Å²) >= 11 is 0. The maximum atomic E-state index is 11.3. The van der Waals surface area contributed by atoms with Gasteiger partial charge in [0.1, 0.15) is 0 Å². The molecular weight excluding hydrogens is 495 g/mol. The van der Waals surface area contributed by atoms with E-state index in [2.05, 4.69) is 20.0 Å². The van der Waals surface area contributed by atoms with Crippen molar-refractivity contribution in [1.82, 2.24) is 9.97 Å². The second-order valence-corrected chi connectivity index (χ2v) is 5.97. The van der Waals surface area contributed by atoms with Crippen molar-refractivity contribution in [2.24, 2.45) is 9.98 Å². The van der Waals surface area contributed by atoms with Gasteiger partial charge >= 0.3 is 21.7 Å². The van der Waals surface area contributed by atoms with Gasteiger partial charge in [0.15, 0.2) is 11.6 Å². The van der Waals surface area contributed by atoms with Crippen LogP contribution in [-0.2, 0) is 21.7 Å². The van der Waals surface area contributed by atoms with Crippen LogP contribution in [0.1, 0.15) is 11.1 Å². The number of pyridine rings is 2. The smallest absolute Gasteiger partial charge is 1.00 e. The molecule has 2 aromatic carbocycles. The molecule has 6 nitrogen and oxygen atoms in total. The second kappa shape index (κ2) is 16.6. The van der Waals surface area contributed by atoms with Crippen LogP contribution in [0.3, 0.4) is 0 Å². The van der Waals surface area contributed by atoms with E-state index in [1.165, 1.54) is 24.6 Å². The Labute approximate surface area is 219 Å². The molecule has 0 amide bonds. The zero-order chi connectivity index (χ0) is 21.0. The fourth-order valence-corrected chi connectivity index (χ4v) is 2.31. The predicted octanol–water partition coefficient (Wildman–Crippen LogP) is -2.18. The molecule has 0 saturated carbocycles. The van der Waals surface area contributed by atoms with E-state index in [0.717, 1.165) is 0 Å². The fraction of sp³-hybridized carbons (Fsp3) is 0. The molecule has 0 fully saturated rings. The van der Waals surface area contributed by atoms with Crippen LogP contribution in [0, 0.1) is 0 Å². The Kier molecular flexibility index (Phi) is 15.1. The number of benzene rings is 2. The van der Waals surface area contributed by atoms with Crippen LogP contribution >= 0.6 is 0 Å². The monoisotopic (exact) mass is 512 g/mol. The summed E-state index contributed by atoms with van der Waals surface area (Å²) in [6.07, 6.45) is 6.39. The molecule has 0 spiro atoms. The van der Waals surface area contributed by atoms with Crippen LogP contribution in [0.15, 0.2) is 107 Å². The van der Waals surface area contributed by atoms with Crippen LogP contribution < -0.4 is 35.0 Å². The minimum atomic E-state index is -0.0304. The molecule has 0 saturated heterocycles. The molecule has 164 valence electrons. The van der Waals surface area contributed by atoms with Gasteiger partial charge in [0.25, 0.3) is 0 Å². The molecule has 0 aliphatic carbocycles. The number of halogens is 2. The van der Waals surface area contributed by atoms with Crippen molar-refractivity contribution < 1.29 is 56.7 Å². The molecule has 0 unspecified atom stereocenters. The summed E-state index contributed by atoms with van der Waals surface area (Å²) in [6, 6.07) is 24.4. The quantitative estimate of drug-likeness (QED) is 0.229. The van der Waals surface area contributed by atoms with Crippen LogP contribution in [0.25, 0.3) is 0 Å². The third-order valence-electron chi connectivity index (χ3n) is 3.81. The van der Waals surface area contributed by atoms with Crippen LogP contribution in [0.2, 0.25) is 0 Å². The number of hydrogen-bond acceptors (Lipinski definition) is 6. The number of nitrogens with zero attached hydrogens (tertiary/aromatic N) is 4. The van der Waals surface area contributed by atoms with Crippen molar-refractivity contribution in [2.75, 3.05) is 0 Å². The molecule has 0 N–H and O–H groups in total. The molecule has 2 heterocycles. The van der Waals surface area contributed by atoms with E-state index < -0.39 is 0 Å². The number of aliphatic imine (C=N–C) groups is 2. The van der Waals surface area contributed by atoms with Gasteiger partial charge in [0.2, 0.25) is 0 Å². The summed E-state index contributed by atoms with van der Waals surface area (Å²) < 4.78 is 0. The Hall–Kier alpha value is -3.03. The number of rotatable bonds is 4. The molecule has 0 bridgehead atoms. The van der Waals surface area contributed by atoms with Crippen molar-refractivity contribution in [3.8, 4) is 11.5 Å². The van der Waals surface area contributed by atoms with Gasteiger partial charge in [0.05, 0.1) is 0 Å². The SMILES string of the molecule is [Cl-].[Cl-].[O-]c1ccccc1C=Nc1ccccn1.[O-]c1ccccc1C=Nc1ccccn1.[Ti+4]. The number of hydrogen-bond donors (Lipinski definition) is 0. The largest absolute Gasteiger partial charge is 4.00 e. The summed E-state index contributed by atoms with van der Waals surface area (Å²) in [6.45, 7) is 0. The summed E-state index contributed by atoms with van der Waals surface area (Å²) in [5.74, 6) is 1.14. The third-order valence-corrected chi connectivity index (χ3v) is 3.81. The van der Waals surface area contributed by atoms with Gasteiger partial charge in [-0.3, -0.25) is 0 Å². The number of para-hydroxylation sites is 2. The van der Waals surface area contributed by atoms with Crippen LogP contribution in [-0.4, -0.2) is 22.4 Å². The van der Waals surface area contributed by atoms with Gasteiger partial charge < -0.3 is 35.0 Å². The van der Waals surface area contributed by atoms with Crippen molar-refractivity contribution in [3.05, 3.63) is 108 Å². The van der Waals surface area contributed by atoms with Gasteiger partial charge in [-0.15, -0.1) is 11.5 Å². The molecule has 2 aromatic heterocycles. The average molecular weight is 513 g/mol. The second-order valence-electron chi connectivity index (χ2n) is 5.97. The van der Waals surface area contributed by atoms with Gasteiger partial charge in [-0.25, -0.2) is 20.0 Å². The first kappa shape index (κ1) is 30.0. The molecule has 0 atom stereocenters. The van der Waals surface area contributed by atoms with E-state index in [4.69, 9.17) is 0 Å². The van der Waals surface area contributed by atoms with Gasteiger partial charge in [-0.2, -0.15) is 0 Å². The molecule has 4 rings (SSSR count). The van der Waals surface area contributed by atoms with E-state index in [0.29, 0.717) is 22.8 Å². The molecule has 33 heavy (non-hydrogen) atoms. The van der Waals surface area contributed by atoms with Crippen molar-refractivity contribution in [3.63, 3.8) is 0 Å². The van der Waals surface area contributed by atoms with Crippen LogP contribution in [0.5, 0.6) is 11.5 Å². The minimum absolute atomic E-state index is 0. The molecule has 4 aromatic rings. The molecular formula is C24H18Cl2N4O2Ti. The Balaban J connectivity index is 0.000000569. The maximum Gasteiger partial charge on any atom is 4.00 e. The third kappa shape index (κ3) is 10.4. The minimum Gasteiger partial charge on any atom is -1.00 e. The van der Waals surface area contributed by atoms with Crippen molar-refractivity contribution in [1.29, 1.82) is 0 Å². The zero-order valence-electron chi connectivity index (χ0n) is 17.3. The Morgan fingerprint density at radius 1 is 0.545 bits per heavy atom. The van der Waals surface area contributed by atoms with Crippen LogP contribution in [0.4, 0.5) is 11.6 Å². The first-order valence-electron chi connectivity index (χ1n) is 9.14. The maximum absolute atomic E-state index is 11.3. The predicted molar refractivity (Wildman–Crippen MR) is 115 cm³/mol. The average Bonchev–Trinajstić information content (AvgIpc) is 2.80. The summed E-state index contributed by atoms with van der Waals surface area (Å²) in [7, 11) is 0. The summed E-state index contributed by atoms with van der Waals surface area (Å²) in [5.41, 5.74) is 1.14. The molecule has 0 radical (unpaired) electrons. The fourth-order valence-electron chi connectivity index (χ4n) is 2.31. The summed E-state index contributed by atoms with van der Waals surface area (Å²) in [4.78, 5) is 16.2.